The topological polar surface area (TPSA) is 137 Å². The molecule has 10 heteroatoms. The second-order valence-corrected chi connectivity index (χ2v) is 5.26. The highest BCUT2D eigenvalue weighted by Gasteiger charge is 2.08. The van der Waals surface area contributed by atoms with E-state index in [2.05, 4.69) is 20.1 Å². The summed E-state index contributed by atoms with van der Waals surface area (Å²) in [6.45, 7) is -0.719. The first-order valence-electron chi connectivity index (χ1n) is 8.12. The van der Waals surface area contributed by atoms with Crippen LogP contribution in [-0.4, -0.2) is 37.0 Å². The van der Waals surface area contributed by atoms with Crippen LogP contribution in [0.1, 0.15) is 11.5 Å². The Bertz CT molecular complexity index is 741. The average molecular weight is 390 g/mol. The van der Waals surface area contributed by atoms with Gasteiger partial charge >= 0.3 is 11.9 Å². The molecule has 0 spiro atoms. The van der Waals surface area contributed by atoms with Gasteiger partial charge in [-0.15, -0.1) is 0 Å². The Hall–Kier alpha value is -3.82. The Morgan fingerprint density at radius 2 is 1.21 bits per heavy atom. The van der Waals surface area contributed by atoms with Crippen LogP contribution in [0.15, 0.2) is 57.8 Å². The quantitative estimate of drug-likeness (QED) is 0.441. The molecule has 0 fully saturated rings. The molecular formula is C18H18N2O8. The first kappa shape index (κ1) is 20.5. The van der Waals surface area contributed by atoms with Gasteiger partial charge in [0.1, 0.15) is 11.5 Å². The number of esters is 2. The van der Waals surface area contributed by atoms with Crippen LogP contribution in [0.4, 0.5) is 0 Å². The number of rotatable bonds is 10. The second-order valence-electron chi connectivity index (χ2n) is 5.26. The van der Waals surface area contributed by atoms with Crippen LogP contribution >= 0.6 is 0 Å². The zero-order valence-electron chi connectivity index (χ0n) is 14.7. The highest BCUT2D eigenvalue weighted by molar-refractivity contribution is 5.93. The van der Waals surface area contributed by atoms with Gasteiger partial charge in [-0.25, -0.2) is 9.59 Å². The molecule has 0 unspecified atom stereocenters. The minimum Gasteiger partial charge on any atom is -0.467 e. The third-order valence-corrected chi connectivity index (χ3v) is 3.13. The smallest absolute Gasteiger partial charge is 0.331 e. The standard InChI is InChI=1S/C18H18N2O8/c21-15(19-9-13-3-1-7-25-13)11-27-17(23)5-6-18(24)28-12-16(22)20-10-14-4-2-8-26-14/h1-8H,9-12H2,(H,19,21)(H,20,22)/b6-5+. The summed E-state index contributed by atoms with van der Waals surface area (Å²) in [5.41, 5.74) is 0. The van der Waals surface area contributed by atoms with E-state index in [0.29, 0.717) is 11.5 Å². The zero-order chi connectivity index (χ0) is 20.2. The minimum absolute atomic E-state index is 0.160. The number of hydrogen-bond acceptors (Lipinski definition) is 8. The number of amides is 2. The van der Waals surface area contributed by atoms with Crippen LogP contribution in [-0.2, 0) is 41.7 Å². The zero-order valence-corrected chi connectivity index (χ0v) is 14.7. The second kappa shape index (κ2) is 11.0. The summed E-state index contributed by atoms with van der Waals surface area (Å²) in [5, 5.41) is 4.97. The van der Waals surface area contributed by atoms with E-state index in [1.165, 1.54) is 12.5 Å². The lowest BCUT2D eigenvalue weighted by molar-refractivity contribution is -0.145. The third kappa shape index (κ3) is 8.04. The first-order chi connectivity index (χ1) is 13.5. The molecule has 0 atom stereocenters. The van der Waals surface area contributed by atoms with Crippen molar-refractivity contribution in [3.05, 3.63) is 60.5 Å². The molecule has 2 rings (SSSR count). The van der Waals surface area contributed by atoms with E-state index in [0.717, 1.165) is 12.2 Å². The highest BCUT2D eigenvalue weighted by atomic mass is 16.5. The molecule has 28 heavy (non-hydrogen) atoms. The van der Waals surface area contributed by atoms with Crippen LogP contribution in [0.2, 0.25) is 0 Å². The number of hydrogen-bond donors (Lipinski definition) is 2. The maximum atomic E-state index is 11.5. The molecule has 0 aliphatic rings. The molecule has 0 aliphatic carbocycles. The van der Waals surface area contributed by atoms with Crippen molar-refractivity contribution in [2.75, 3.05) is 13.2 Å². The molecule has 148 valence electrons. The van der Waals surface area contributed by atoms with Crippen molar-refractivity contribution in [2.24, 2.45) is 0 Å². The van der Waals surface area contributed by atoms with Gasteiger partial charge in [-0.2, -0.15) is 0 Å². The lowest BCUT2D eigenvalue weighted by Crippen LogP contribution is -2.28. The largest absolute Gasteiger partial charge is 0.467 e. The van der Waals surface area contributed by atoms with Gasteiger partial charge in [-0.3, -0.25) is 9.59 Å². The average Bonchev–Trinajstić information content (AvgIpc) is 3.39. The molecule has 2 aromatic heterocycles. The number of ether oxygens (including phenoxy) is 2. The highest BCUT2D eigenvalue weighted by Crippen LogP contribution is 1.99. The van der Waals surface area contributed by atoms with E-state index in [1.807, 2.05) is 0 Å². The summed E-state index contributed by atoms with van der Waals surface area (Å²) in [7, 11) is 0. The predicted octanol–water partition coefficient (Wildman–Crippen LogP) is 0.448. The lowest BCUT2D eigenvalue weighted by atomic mass is 10.4. The summed E-state index contributed by atoms with van der Waals surface area (Å²) < 4.78 is 19.4. The van der Waals surface area contributed by atoms with E-state index < -0.39 is 37.0 Å². The van der Waals surface area contributed by atoms with Crippen molar-refractivity contribution >= 4 is 23.8 Å². The summed E-state index contributed by atoms with van der Waals surface area (Å²) in [6, 6.07) is 6.71. The molecule has 0 aromatic carbocycles. The Labute approximate surface area is 159 Å². The van der Waals surface area contributed by atoms with Crippen LogP contribution in [0.25, 0.3) is 0 Å². The maximum Gasteiger partial charge on any atom is 0.331 e. The van der Waals surface area contributed by atoms with E-state index >= 15 is 0 Å². The van der Waals surface area contributed by atoms with Gasteiger partial charge in [0.15, 0.2) is 13.2 Å². The SMILES string of the molecule is O=C(COC(=O)/C=C/C(=O)OCC(=O)NCc1ccco1)NCc1ccco1. The number of carbonyl (C=O) groups excluding carboxylic acids is 4. The van der Waals surface area contributed by atoms with Gasteiger partial charge < -0.3 is 28.9 Å². The minimum atomic E-state index is -0.910. The molecule has 0 radical (unpaired) electrons. The van der Waals surface area contributed by atoms with Gasteiger partial charge in [0.05, 0.1) is 25.6 Å². The van der Waals surface area contributed by atoms with Gasteiger partial charge in [0, 0.05) is 12.2 Å². The van der Waals surface area contributed by atoms with Gasteiger partial charge in [0.2, 0.25) is 0 Å². The van der Waals surface area contributed by atoms with Crippen molar-refractivity contribution < 1.29 is 37.5 Å². The van der Waals surface area contributed by atoms with Crippen molar-refractivity contribution in [2.45, 2.75) is 13.1 Å². The van der Waals surface area contributed by atoms with Gasteiger partial charge in [-0.05, 0) is 24.3 Å². The van der Waals surface area contributed by atoms with Crippen LogP contribution < -0.4 is 10.6 Å². The Balaban J connectivity index is 1.56. The van der Waals surface area contributed by atoms with Crippen LogP contribution in [0, 0.1) is 0 Å². The molecule has 0 saturated heterocycles. The monoisotopic (exact) mass is 390 g/mol. The summed E-state index contributed by atoms with van der Waals surface area (Å²) in [6.07, 6.45) is 4.52. The van der Waals surface area contributed by atoms with Crippen LogP contribution in [0.3, 0.4) is 0 Å². The third-order valence-electron chi connectivity index (χ3n) is 3.13. The molecule has 0 bridgehead atoms. The van der Waals surface area contributed by atoms with Crippen molar-refractivity contribution in [3.63, 3.8) is 0 Å². The van der Waals surface area contributed by atoms with Crippen LogP contribution in [0.5, 0.6) is 0 Å². The summed E-state index contributed by atoms with van der Waals surface area (Å²) in [4.78, 5) is 45.9. The van der Waals surface area contributed by atoms with E-state index in [-0.39, 0.29) is 13.1 Å². The summed E-state index contributed by atoms with van der Waals surface area (Å²) >= 11 is 0. The molecule has 2 heterocycles. The van der Waals surface area contributed by atoms with Gasteiger partial charge in [0.25, 0.3) is 11.8 Å². The van der Waals surface area contributed by atoms with Crippen molar-refractivity contribution in [1.29, 1.82) is 0 Å². The molecule has 2 N–H and O–H groups in total. The summed E-state index contributed by atoms with van der Waals surface area (Å²) in [5.74, 6) is -1.78. The number of furan rings is 2. The first-order valence-corrected chi connectivity index (χ1v) is 8.12. The molecule has 2 aromatic rings. The Kier molecular flexibility index (Phi) is 8.06. The molecule has 10 nitrogen and oxygen atoms in total. The van der Waals surface area contributed by atoms with E-state index in [4.69, 9.17) is 8.83 Å². The fraction of sp³-hybridized carbons (Fsp3) is 0.222. The number of nitrogens with one attached hydrogen (secondary N) is 2. The fourth-order valence-electron chi connectivity index (χ4n) is 1.81. The lowest BCUT2D eigenvalue weighted by Gasteiger charge is -2.04. The van der Waals surface area contributed by atoms with E-state index in [1.54, 1.807) is 24.3 Å². The van der Waals surface area contributed by atoms with E-state index in [9.17, 15) is 19.2 Å². The Morgan fingerprint density at radius 1 is 0.786 bits per heavy atom. The fourth-order valence-corrected chi connectivity index (χ4v) is 1.81. The Morgan fingerprint density at radius 3 is 1.57 bits per heavy atom. The van der Waals surface area contributed by atoms with Crippen molar-refractivity contribution in [1.82, 2.24) is 10.6 Å². The maximum absolute atomic E-state index is 11.5. The number of carbonyl (C=O) groups is 4. The molecule has 0 aliphatic heterocycles. The van der Waals surface area contributed by atoms with Crippen molar-refractivity contribution in [3.8, 4) is 0 Å². The van der Waals surface area contributed by atoms with Gasteiger partial charge in [-0.1, -0.05) is 0 Å². The predicted molar refractivity (Wildman–Crippen MR) is 92.2 cm³/mol. The molecule has 0 saturated carbocycles. The molecular weight excluding hydrogens is 372 g/mol. The normalized spacial score (nSPS) is 10.4. The molecule has 2 amide bonds.